The molecule has 0 bridgehead atoms. The molecule has 4 aromatic rings. The molecule has 2 heterocycles. The Hall–Kier alpha value is -4.11. The Balaban J connectivity index is 1.47. The van der Waals surface area contributed by atoms with Gasteiger partial charge in [0.1, 0.15) is 5.69 Å². The van der Waals surface area contributed by atoms with Crippen molar-refractivity contribution in [3.8, 4) is 23.1 Å². The number of fused-ring (bicyclic) bond motifs is 1. The van der Waals surface area contributed by atoms with Crippen LogP contribution >= 0.6 is 0 Å². The minimum absolute atomic E-state index is 0.0162. The SMILES string of the molecule is CC(C)CNc1nc(C#CCc2ccccc2)cn2c(-c3ccc(C(=O)NC4CC4)cc3)cnc12. The van der Waals surface area contributed by atoms with Crippen LogP contribution in [0.4, 0.5) is 5.82 Å². The van der Waals surface area contributed by atoms with Crippen molar-refractivity contribution in [3.63, 3.8) is 0 Å². The fraction of sp³-hybridized carbons (Fsp3) is 0.276. The number of nitrogens with one attached hydrogen (secondary N) is 2. The Morgan fingerprint density at radius 3 is 2.60 bits per heavy atom. The molecule has 6 nitrogen and oxygen atoms in total. The number of imidazole rings is 1. The third kappa shape index (κ3) is 5.52. The Labute approximate surface area is 205 Å². The summed E-state index contributed by atoms with van der Waals surface area (Å²) >= 11 is 0. The van der Waals surface area contributed by atoms with E-state index in [-0.39, 0.29) is 5.91 Å². The Bertz CT molecular complexity index is 1390. The minimum atomic E-state index is -0.0162. The lowest BCUT2D eigenvalue weighted by Gasteiger charge is -2.11. The normalized spacial score (nSPS) is 12.9. The van der Waals surface area contributed by atoms with E-state index in [1.807, 2.05) is 59.3 Å². The van der Waals surface area contributed by atoms with Crippen molar-refractivity contribution in [2.45, 2.75) is 39.2 Å². The van der Waals surface area contributed by atoms with Gasteiger partial charge in [-0.2, -0.15) is 0 Å². The van der Waals surface area contributed by atoms with Crippen LogP contribution in [0.15, 0.2) is 67.0 Å². The van der Waals surface area contributed by atoms with Crippen molar-refractivity contribution in [2.75, 3.05) is 11.9 Å². The molecule has 5 rings (SSSR count). The number of benzene rings is 2. The molecule has 0 saturated heterocycles. The van der Waals surface area contributed by atoms with Crippen LogP contribution in [0.25, 0.3) is 16.9 Å². The summed E-state index contributed by atoms with van der Waals surface area (Å²) in [6.45, 7) is 5.10. The van der Waals surface area contributed by atoms with Gasteiger partial charge >= 0.3 is 0 Å². The monoisotopic (exact) mass is 463 g/mol. The average Bonchev–Trinajstić information content (AvgIpc) is 3.58. The summed E-state index contributed by atoms with van der Waals surface area (Å²) in [5.41, 5.74) is 5.18. The third-order valence-electron chi connectivity index (χ3n) is 5.88. The van der Waals surface area contributed by atoms with Crippen LogP contribution in [0.5, 0.6) is 0 Å². The van der Waals surface area contributed by atoms with Gasteiger partial charge in [-0.1, -0.05) is 62.2 Å². The summed E-state index contributed by atoms with van der Waals surface area (Å²) in [5, 5.41) is 6.47. The van der Waals surface area contributed by atoms with Crippen LogP contribution in [-0.4, -0.2) is 32.9 Å². The second-order valence-electron chi connectivity index (χ2n) is 9.38. The standard InChI is InChI=1S/C29H29N5O/c1-20(2)17-30-27-28-31-18-26(22-11-13-23(14-12-22)29(35)33-24-15-16-24)34(28)19-25(32-27)10-6-9-21-7-4-3-5-8-21/h3-5,7-8,11-14,18-20,24H,9,15-17H2,1-2H3,(H,30,32)(H,33,35). The first-order valence-corrected chi connectivity index (χ1v) is 12.1. The third-order valence-corrected chi connectivity index (χ3v) is 5.88. The van der Waals surface area contributed by atoms with E-state index in [0.29, 0.717) is 29.6 Å². The van der Waals surface area contributed by atoms with Gasteiger partial charge in [0.05, 0.1) is 11.9 Å². The van der Waals surface area contributed by atoms with Crippen LogP contribution < -0.4 is 10.6 Å². The smallest absolute Gasteiger partial charge is 0.251 e. The fourth-order valence-electron chi connectivity index (χ4n) is 3.80. The highest BCUT2D eigenvalue weighted by Crippen LogP contribution is 2.25. The largest absolute Gasteiger partial charge is 0.367 e. The number of hydrogen-bond donors (Lipinski definition) is 2. The van der Waals surface area contributed by atoms with Crippen LogP contribution in [0.2, 0.25) is 0 Å². The average molecular weight is 464 g/mol. The van der Waals surface area contributed by atoms with Crippen LogP contribution in [0, 0.1) is 17.8 Å². The quantitative estimate of drug-likeness (QED) is 0.381. The molecule has 1 amide bonds. The molecule has 0 radical (unpaired) electrons. The van der Waals surface area contributed by atoms with Crippen molar-refractivity contribution in [3.05, 3.63) is 83.8 Å². The van der Waals surface area contributed by atoms with E-state index in [9.17, 15) is 4.79 Å². The van der Waals surface area contributed by atoms with Crippen LogP contribution in [0.3, 0.4) is 0 Å². The van der Waals surface area contributed by atoms with Gasteiger partial charge in [-0.25, -0.2) is 9.97 Å². The summed E-state index contributed by atoms with van der Waals surface area (Å²) in [6.07, 6.45) is 6.59. The van der Waals surface area contributed by atoms with Crippen molar-refractivity contribution >= 4 is 17.4 Å². The highest BCUT2D eigenvalue weighted by molar-refractivity contribution is 5.95. The second-order valence-corrected chi connectivity index (χ2v) is 9.38. The molecule has 1 aliphatic rings. The van der Waals surface area contributed by atoms with Crippen molar-refractivity contribution in [1.82, 2.24) is 19.7 Å². The van der Waals surface area contributed by atoms with Crippen molar-refractivity contribution < 1.29 is 4.79 Å². The lowest BCUT2D eigenvalue weighted by atomic mass is 10.1. The molecule has 0 spiro atoms. The van der Waals surface area contributed by atoms with Crippen molar-refractivity contribution in [2.24, 2.45) is 5.92 Å². The highest BCUT2D eigenvalue weighted by atomic mass is 16.1. The number of carbonyl (C=O) groups excluding carboxylic acids is 1. The molecule has 176 valence electrons. The molecule has 6 heteroatoms. The minimum Gasteiger partial charge on any atom is -0.367 e. The molecule has 2 aromatic carbocycles. The maximum Gasteiger partial charge on any atom is 0.251 e. The van der Waals surface area contributed by atoms with E-state index in [1.54, 1.807) is 0 Å². The van der Waals surface area contributed by atoms with Gasteiger partial charge in [-0.3, -0.25) is 9.20 Å². The van der Waals surface area contributed by atoms with E-state index < -0.39 is 0 Å². The van der Waals surface area contributed by atoms with Gasteiger partial charge in [-0.05, 0) is 42.4 Å². The molecule has 0 aliphatic heterocycles. The molecule has 1 aliphatic carbocycles. The zero-order valence-corrected chi connectivity index (χ0v) is 20.1. The number of hydrogen-bond acceptors (Lipinski definition) is 4. The summed E-state index contributed by atoms with van der Waals surface area (Å²) in [6, 6.07) is 18.2. The summed E-state index contributed by atoms with van der Waals surface area (Å²) < 4.78 is 2.03. The fourth-order valence-corrected chi connectivity index (χ4v) is 3.80. The first-order valence-electron chi connectivity index (χ1n) is 12.1. The number of rotatable bonds is 7. The lowest BCUT2D eigenvalue weighted by Crippen LogP contribution is -2.25. The zero-order valence-electron chi connectivity index (χ0n) is 20.1. The van der Waals surface area contributed by atoms with Gasteiger partial charge in [-0.15, -0.1) is 0 Å². The van der Waals surface area contributed by atoms with Crippen LogP contribution in [-0.2, 0) is 6.42 Å². The van der Waals surface area contributed by atoms with Gasteiger partial charge < -0.3 is 10.6 Å². The molecule has 0 unspecified atom stereocenters. The van der Waals surface area contributed by atoms with Crippen LogP contribution in [0.1, 0.15) is 48.3 Å². The number of aromatic nitrogens is 3. The Morgan fingerprint density at radius 2 is 1.89 bits per heavy atom. The Kier molecular flexibility index (Phi) is 6.49. The first-order chi connectivity index (χ1) is 17.1. The van der Waals surface area contributed by atoms with Crippen molar-refractivity contribution in [1.29, 1.82) is 0 Å². The van der Waals surface area contributed by atoms with E-state index in [2.05, 4.69) is 53.4 Å². The van der Waals surface area contributed by atoms with E-state index in [0.717, 1.165) is 42.1 Å². The van der Waals surface area contributed by atoms with Gasteiger partial charge in [0.15, 0.2) is 11.5 Å². The van der Waals surface area contributed by atoms with E-state index in [4.69, 9.17) is 4.98 Å². The lowest BCUT2D eigenvalue weighted by molar-refractivity contribution is 0.0951. The maximum absolute atomic E-state index is 12.4. The molecular formula is C29H29N5O. The molecule has 1 fully saturated rings. The predicted octanol–water partition coefficient (Wildman–Crippen LogP) is 4.95. The van der Waals surface area contributed by atoms with E-state index >= 15 is 0 Å². The summed E-state index contributed by atoms with van der Waals surface area (Å²) in [4.78, 5) is 21.8. The number of anilines is 1. The molecule has 1 saturated carbocycles. The molecule has 0 atom stereocenters. The van der Waals surface area contributed by atoms with Gasteiger partial charge in [0, 0.05) is 36.3 Å². The summed E-state index contributed by atoms with van der Waals surface area (Å²) in [5.74, 6) is 7.64. The molecule has 2 N–H and O–H groups in total. The maximum atomic E-state index is 12.4. The second kappa shape index (κ2) is 10.0. The topological polar surface area (TPSA) is 71.3 Å². The highest BCUT2D eigenvalue weighted by Gasteiger charge is 2.23. The number of carbonyl (C=O) groups is 1. The van der Waals surface area contributed by atoms with Gasteiger partial charge in [0.2, 0.25) is 0 Å². The molecule has 2 aromatic heterocycles. The predicted molar refractivity (Wildman–Crippen MR) is 139 cm³/mol. The van der Waals surface area contributed by atoms with E-state index in [1.165, 1.54) is 5.56 Å². The molecular weight excluding hydrogens is 434 g/mol. The number of nitrogens with zero attached hydrogens (tertiary/aromatic N) is 3. The Morgan fingerprint density at radius 1 is 1.11 bits per heavy atom. The summed E-state index contributed by atoms with van der Waals surface area (Å²) in [7, 11) is 0. The number of amides is 1. The van der Waals surface area contributed by atoms with Gasteiger partial charge in [0.25, 0.3) is 5.91 Å². The zero-order chi connectivity index (χ0) is 24.2. The first kappa shape index (κ1) is 22.7. The molecule has 35 heavy (non-hydrogen) atoms.